The lowest BCUT2D eigenvalue weighted by Gasteiger charge is -2.35. The van der Waals surface area contributed by atoms with Crippen molar-refractivity contribution in [3.8, 4) is 0 Å². The molecule has 4 rings (SSSR count). The summed E-state index contributed by atoms with van der Waals surface area (Å²) in [6, 6.07) is 15.6. The summed E-state index contributed by atoms with van der Waals surface area (Å²) in [4.78, 5) is 6.88. The van der Waals surface area contributed by atoms with Crippen molar-refractivity contribution >= 4 is 40.4 Å². The van der Waals surface area contributed by atoms with Gasteiger partial charge in [0.15, 0.2) is 0 Å². The number of likely N-dealkylation sites (N-methyl/N-ethyl adjacent to an activating group) is 1. The molecule has 1 unspecified atom stereocenters. The Labute approximate surface area is 162 Å². The van der Waals surface area contributed by atoms with Crippen LogP contribution in [0.25, 0.3) is 5.57 Å². The number of benzene rings is 2. The van der Waals surface area contributed by atoms with Crippen LogP contribution in [0.15, 0.2) is 71.5 Å². The molecule has 0 spiro atoms. The van der Waals surface area contributed by atoms with Crippen molar-refractivity contribution in [3.63, 3.8) is 0 Å². The molecule has 0 fully saturated rings. The molecule has 1 atom stereocenters. The van der Waals surface area contributed by atoms with Crippen LogP contribution in [0.3, 0.4) is 0 Å². The zero-order valence-corrected chi connectivity index (χ0v) is 15.7. The van der Waals surface area contributed by atoms with E-state index in [1.165, 1.54) is 5.57 Å². The van der Waals surface area contributed by atoms with E-state index < -0.39 is 0 Å². The zero-order chi connectivity index (χ0) is 18.1. The van der Waals surface area contributed by atoms with Crippen LogP contribution in [0.1, 0.15) is 12.0 Å². The summed E-state index contributed by atoms with van der Waals surface area (Å²) in [5, 5.41) is 7.87. The Kier molecular flexibility index (Phi) is 4.62. The smallest absolute Gasteiger partial charge is 0.202 e. The van der Waals surface area contributed by atoms with E-state index in [0.29, 0.717) is 10.0 Å². The van der Waals surface area contributed by atoms with Gasteiger partial charge in [-0.05, 0) is 35.4 Å². The van der Waals surface area contributed by atoms with Gasteiger partial charge in [0.05, 0.1) is 0 Å². The molecule has 0 saturated heterocycles. The lowest BCUT2D eigenvalue weighted by atomic mass is 9.94. The minimum atomic E-state index is -0.0486. The van der Waals surface area contributed by atoms with Gasteiger partial charge in [0.2, 0.25) is 5.96 Å². The minimum absolute atomic E-state index is 0.0486. The number of fused-ring (bicyclic) bond motifs is 1. The van der Waals surface area contributed by atoms with Gasteiger partial charge in [-0.1, -0.05) is 47.5 Å². The molecule has 2 aliphatic heterocycles. The largest absolute Gasteiger partial charge is 0.355 e. The van der Waals surface area contributed by atoms with Crippen molar-refractivity contribution in [1.29, 1.82) is 0 Å². The second-order valence-electron chi connectivity index (χ2n) is 6.30. The van der Waals surface area contributed by atoms with Gasteiger partial charge in [0.1, 0.15) is 6.17 Å². The molecule has 132 valence electrons. The fourth-order valence-electron chi connectivity index (χ4n) is 3.24. The number of nitrogens with one attached hydrogen (secondary N) is 2. The predicted octanol–water partition coefficient (Wildman–Crippen LogP) is 4.95. The average Bonchev–Trinajstić information content (AvgIpc) is 2.63. The normalized spacial score (nSPS) is 19.0. The van der Waals surface area contributed by atoms with Crippen molar-refractivity contribution in [3.05, 3.63) is 82.1 Å². The van der Waals surface area contributed by atoms with Crippen LogP contribution < -0.4 is 10.6 Å². The number of allylic oxidation sites excluding steroid dienone is 1. The van der Waals surface area contributed by atoms with Gasteiger partial charge in [-0.15, -0.1) is 0 Å². The predicted molar refractivity (Wildman–Crippen MR) is 109 cm³/mol. The molecular weight excluding hydrogens is 367 g/mol. The number of para-hydroxylation sites is 1. The van der Waals surface area contributed by atoms with Gasteiger partial charge in [0.25, 0.3) is 0 Å². The maximum absolute atomic E-state index is 6.38. The van der Waals surface area contributed by atoms with Crippen LogP contribution in [-0.4, -0.2) is 24.1 Å². The molecule has 26 heavy (non-hydrogen) atoms. The first-order valence-electron chi connectivity index (χ1n) is 8.34. The first kappa shape index (κ1) is 17.0. The molecule has 0 aliphatic carbocycles. The molecule has 2 aromatic carbocycles. The fraction of sp³-hybridized carbons (Fsp3) is 0.150. The molecule has 0 bridgehead atoms. The Bertz CT molecular complexity index is 898. The summed E-state index contributed by atoms with van der Waals surface area (Å²) >= 11 is 12.8. The summed E-state index contributed by atoms with van der Waals surface area (Å²) in [6.07, 6.45) is 4.78. The highest BCUT2D eigenvalue weighted by molar-refractivity contribution is 6.37. The molecule has 2 heterocycles. The summed E-state index contributed by atoms with van der Waals surface area (Å²) in [5.41, 5.74) is 4.13. The molecule has 2 N–H and O–H groups in total. The van der Waals surface area contributed by atoms with Crippen LogP contribution in [0, 0.1) is 0 Å². The summed E-state index contributed by atoms with van der Waals surface area (Å²) < 4.78 is 0. The molecule has 2 aliphatic rings. The summed E-state index contributed by atoms with van der Waals surface area (Å²) in [5.74, 6) is 0.726. The monoisotopic (exact) mass is 384 g/mol. The van der Waals surface area contributed by atoms with Gasteiger partial charge in [0, 0.05) is 47.2 Å². The number of hydrogen-bond acceptors (Lipinski definition) is 4. The Hall–Kier alpha value is -2.43. The Balaban J connectivity index is 1.60. The Morgan fingerprint density at radius 3 is 2.54 bits per heavy atom. The first-order chi connectivity index (χ1) is 12.6. The van der Waals surface area contributed by atoms with E-state index >= 15 is 0 Å². The third-order valence-electron chi connectivity index (χ3n) is 4.44. The highest BCUT2D eigenvalue weighted by atomic mass is 35.5. The van der Waals surface area contributed by atoms with Crippen molar-refractivity contribution in [2.75, 3.05) is 12.4 Å². The van der Waals surface area contributed by atoms with Crippen LogP contribution in [0.2, 0.25) is 10.0 Å². The van der Waals surface area contributed by atoms with Crippen molar-refractivity contribution in [1.82, 2.24) is 10.2 Å². The van der Waals surface area contributed by atoms with Gasteiger partial charge >= 0.3 is 0 Å². The molecule has 0 radical (unpaired) electrons. The number of nitrogens with zero attached hydrogens (tertiary/aromatic N) is 2. The third kappa shape index (κ3) is 3.30. The maximum Gasteiger partial charge on any atom is 0.202 e. The quantitative estimate of drug-likeness (QED) is 0.769. The van der Waals surface area contributed by atoms with Gasteiger partial charge in [-0.2, -0.15) is 0 Å². The number of guanidine groups is 1. The maximum atomic E-state index is 6.38. The minimum Gasteiger partial charge on any atom is -0.355 e. The second-order valence-corrected chi connectivity index (χ2v) is 7.11. The zero-order valence-electron chi connectivity index (χ0n) is 14.2. The Morgan fingerprint density at radius 1 is 1.08 bits per heavy atom. The van der Waals surface area contributed by atoms with E-state index in [2.05, 4.69) is 21.7 Å². The van der Waals surface area contributed by atoms with E-state index in [0.717, 1.165) is 29.2 Å². The van der Waals surface area contributed by atoms with E-state index in [-0.39, 0.29) is 6.17 Å². The van der Waals surface area contributed by atoms with Gasteiger partial charge in [-0.3, -0.25) is 0 Å². The average molecular weight is 385 g/mol. The number of rotatable bonds is 2. The van der Waals surface area contributed by atoms with E-state index in [1.54, 1.807) is 0 Å². The molecular formula is C20H18Cl2N4. The van der Waals surface area contributed by atoms with Gasteiger partial charge in [-0.25, -0.2) is 4.99 Å². The van der Waals surface area contributed by atoms with Crippen LogP contribution in [-0.2, 0) is 0 Å². The number of anilines is 1. The topological polar surface area (TPSA) is 39.7 Å². The van der Waals surface area contributed by atoms with E-state index in [1.807, 2.05) is 61.8 Å². The van der Waals surface area contributed by atoms with Crippen LogP contribution >= 0.6 is 23.2 Å². The fourth-order valence-corrected chi connectivity index (χ4v) is 3.88. The first-order valence-corrected chi connectivity index (χ1v) is 9.10. The second kappa shape index (κ2) is 7.06. The summed E-state index contributed by atoms with van der Waals surface area (Å²) in [6.45, 7) is 0. The number of aliphatic imine (C=N–C) groups is 1. The third-order valence-corrected chi connectivity index (χ3v) is 5.07. The van der Waals surface area contributed by atoms with Gasteiger partial charge < -0.3 is 15.5 Å². The van der Waals surface area contributed by atoms with Crippen LogP contribution in [0.4, 0.5) is 5.69 Å². The van der Waals surface area contributed by atoms with E-state index in [9.17, 15) is 0 Å². The lowest BCUT2D eigenvalue weighted by Crippen LogP contribution is -2.40. The van der Waals surface area contributed by atoms with Crippen molar-refractivity contribution in [2.45, 2.75) is 12.6 Å². The van der Waals surface area contributed by atoms with E-state index in [4.69, 9.17) is 28.2 Å². The lowest BCUT2D eigenvalue weighted by molar-refractivity contribution is 0.363. The standard InChI is InChI=1S/C20H18Cl2N4/c1-26-12-14(18-16(21)8-5-9-17(18)22)10-13-11-23-20(25-19(13)26)24-15-6-3-2-4-7-15/h2-9,11-12,19H,10H2,1H3,(H2,23,24,25). The molecule has 4 nitrogen and oxygen atoms in total. The highest BCUT2D eigenvalue weighted by Gasteiger charge is 2.28. The van der Waals surface area contributed by atoms with Crippen molar-refractivity contribution < 1.29 is 0 Å². The summed E-state index contributed by atoms with van der Waals surface area (Å²) in [7, 11) is 2.01. The number of hydrogen-bond donors (Lipinski definition) is 2. The van der Waals surface area contributed by atoms with Crippen molar-refractivity contribution in [2.24, 2.45) is 4.99 Å². The molecule has 0 aromatic heterocycles. The highest BCUT2D eigenvalue weighted by Crippen LogP contribution is 2.38. The Morgan fingerprint density at radius 2 is 1.81 bits per heavy atom. The molecule has 2 aromatic rings. The number of halogens is 2. The molecule has 6 heteroatoms. The SMILES string of the molecule is CN1C=C(c2c(Cl)cccc2Cl)CC2=CNC(Nc3ccccc3)=NC21. The molecule has 0 amide bonds. The van der Waals surface area contributed by atoms with Crippen LogP contribution in [0.5, 0.6) is 0 Å². The molecule has 0 saturated carbocycles.